The highest BCUT2D eigenvalue weighted by molar-refractivity contribution is 9.09. The normalized spacial score (nSPS) is 11.0. The fourth-order valence-electron chi connectivity index (χ4n) is 0.977. The maximum atomic E-state index is 8.58. The number of hydrogen-bond donors (Lipinski definition) is 0. The van der Waals surface area contributed by atoms with Gasteiger partial charge >= 0.3 is 0 Å². The van der Waals surface area contributed by atoms with Gasteiger partial charge in [-0.3, -0.25) is 0 Å². The summed E-state index contributed by atoms with van der Waals surface area (Å²) in [4.78, 5) is 0. The zero-order valence-electron chi connectivity index (χ0n) is 7.42. The summed E-state index contributed by atoms with van der Waals surface area (Å²) in [5.41, 5.74) is 3.11. The lowest BCUT2D eigenvalue weighted by atomic mass is 10.1. The number of allylic oxidation sites excluding steroid dienone is 1. The van der Waals surface area contributed by atoms with Crippen LogP contribution in [-0.4, -0.2) is 5.33 Å². The van der Waals surface area contributed by atoms with Gasteiger partial charge < -0.3 is 0 Å². The van der Waals surface area contributed by atoms with Gasteiger partial charge in [-0.25, -0.2) is 0 Å². The van der Waals surface area contributed by atoms with Crippen LogP contribution >= 0.6 is 15.9 Å². The van der Waals surface area contributed by atoms with Crippen LogP contribution in [0.3, 0.4) is 0 Å². The van der Waals surface area contributed by atoms with Crippen molar-refractivity contribution in [2.75, 3.05) is 5.33 Å². The first-order valence-corrected chi connectivity index (χ1v) is 5.11. The molecule has 0 amide bonds. The third kappa shape index (κ3) is 3.04. The highest BCUT2D eigenvalue weighted by atomic mass is 79.9. The molecule has 0 fully saturated rings. The van der Waals surface area contributed by atoms with E-state index in [2.05, 4.69) is 35.0 Å². The molecule has 0 aromatic heterocycles. The molecule has 13 heavy (non-hydrogen) atoms. The Kier molecular flexibility index (Phi) is 3.72. The molecule has 0 radical (unpaired) electrons. The van der Waals surface area contributed by atoms with Crippen LogP contribution in [0.4, 0.5) is 0 Å². The van der Waals surface area contributed by atoms with Crippen LogP contribution in [0.15, 0.2) is 29.8 Å². The molecule has 0 aliphatic carbocycles. The molecule has 0 spiro atoms. The van der Waals surface area contributed by atoms with Gasteiger partial charge in [0.15, 0.2) is 0 Å². The Labute approximate surface area is 86.8 Å². The van der Waals surface area contributed by atoms with E-state index in [4.69, 9.17) is 5.26 Å². The largest absolute Gasteiger partial charge is 0.192 e. The molecule has 66 valence electrons. The van der Waals surface area contributed by atoms with Crippen LogP contribution in [0.1, 0.15) is 18.1 Å². The van der Waals surface area contributed by atoms with Crippen molar-refractivity contribution >= 4 is 22.0 Å². The molecule has 0 saturated heterocycles. The molecule has 0 N–H and O–H groups in total. The fourth-order valence-corrected chi connectivity index (χ4v) is 1.14. The lowest BCUT2D eigenvalue weighted by molar-refractivity contribution is 1.44. The van der Waals surface area contributed by atoms with E-state index in [-0.39, 0.29) is 0 Å². The van der Waals surface area contributed by atoms with Crippen LogP contribution in [0, 0.1) is 11.3 Å². The van der Waals surface area contributed by atoms with E-state index < -0.39 is 0 Å². The van der Waals surface area contributed by atoms with Crippen molar-refractivity contribution in [3.63, 3.8) is 0 Å². The van der Waals surface area contributed by atoms with Crippen LogP contribution in [-0.2, 0) is 0 Å². The van der Waals surface area contributed by atoms with E-state index in [0.29, 0.717) is 5.56 Å². The van der Waals surface area contributed by atoms with Gasteiger partial charge in [0.05, 0.1) is 11.6 Å². The average Bonchev–Trinajstić information content (AvgIpc) is 2.19. The molecule has 0 unspecified atom stereocenters. The molecule has 0 aliphatic rings. The minimum atomic E-state index is 0.702. The van der Waals surface area contributed by atoms with Crippen LogP contribution < -0.4 is 0 Å². The fraction of sp³-hybridized carbons (Fsp3) is 0.182. The molecule has 1 rings (SSSR count). The second-order valence-electron chi connectivity index (χ2n) is 2.86. The molecule has 1 nitrogen and oxygen atoms in total. The summed E-state index contributed by atoms with van der Waals surface area (Å²) in [7, 11) is 0. The van der Waals surface area contributed by atoms with E-state index in [9.17, 15) is 0 Å². The van der Waals surface area contributed by atoms with Crippen molar-refractivity contribution in [1.29, 1.82) is 5.26 Å². The number of benzene rings is 1. The predicted molar refractivity (Wildman–Crippen MR) is 58.6 cm³/mol. The van der Waals surface area contributed by atoms with Crippen molar-refractivity contribution in [2.24, 2.45) is 0 Å². The van der Waals surface area contributed by atoms with Crippen LogP contribution in [0.5, 0.6) is 0 Å². The molecule has 1 aromatic rings. The Bertz CT molecular complexity index is 343. The van der Waals surface area contributed by atoms with Crippen LogP contribution in [0.2, 0.25) is 0 Å². The lowest BCUT2D eigenvalue weighted by Gasteiger charge is -1.96. The summed E-state index contributed by atoms with van der Waals surface area (Å²) >= 11 is 3.38. The van der Waals surface area contributed by atoms with Gasteiger partial charge in [-0.15, -0.1) is 0 Å². The molecule has 0 bridgehead atoms. The number of halogens is 1. The van der Waals surface area contributed by atoms with E-state index in [1.807, 2.05) is 24.3 Å². The van der Waals surface area contributed by atoms with Gasteiger partial charge in [-0.2, -0.15) is 5.26 Å². The smallest absolute Gasteiger partial charge is 0.0991 e. The van der Waals surface area contributed by atoms with E-state index in [0.717, 1.165) is 10.9 Å². The Hall–Kier alpha value is -1.07. The van der Waals surface area contributed by atoms with Crippen molar-refractivity contribution in [1.82, 2.24) is 0 Å². The zero-order chi connectivity index (χ0) is 9.68. The Morgan fingerprint density at radius 2 is 2.08 bits per heavy atom. The second kappa shape index (κ2) is 4.84. The molecule has 0 heterocycles. The number of nitrogens with zero attached hydrogens (tertiary/aromatic N) is 1. The quantitative estimate of drug-likeness (QED) is 0.722. The minimum absolute atomic E-state index is 0.702. The standard InChI is InChI=1S/C11H10BrN/c1-9(7-12)6-10-2-4-11(8-13)5-3-10/h2-6H,7H2,1H3. The summed E-state index contributed by atoms with van der Waals surface area (Å²) in [5, 5.41) is 9.47. The summed E-state index contributed by atoms with van der Waals surface area (Å²) in [5.74, 6) is 0. The molecule has 0 atom stereocenters. The zero-order valence-corrected chi connectivity index (χ0v) is 9.01. The van der Waals surface area contributed by atoms with Crippen molar-refractivity contribution < 1.29 is 0 Å². The average molecular weight is 236 g/mol. The minimum Gasteiger partial charge on any atom is -0.192 e. The SMILES string of the molecule is CC(=Cc1ccc(C#N)cc1)CBr. The highest BCUT2D eigenvalue weighted by Gasteiger charge is 1.91. The van der Waals surface area contributed by atoms with Crippen molar-refractivity contribution in [3.05, 3.63) is 41.0 Å². The van der Waals surface area contributed by atoms with Gasteiger partial charge in [0, 0.05) is 5.33 Å². The third-order valence-electron chi connectivity index (χ3n) is 1.66. The first kappa shape index (κ1) is 10.0. The topological polar surface area (TPSA) is 23.8 Å². The number of nitriles is 1. The Balaban J connectivity index is 2.88. The molecule has 0 saturated carbocycles. The lowest BCUT2D eigenvalue weighted by Crippen LogP contribution is -1.79. The molecule has 0 aliphatic heterocycles. The summed E-state index contributed by atoms with van der Waals surface area (Å²) in [6, 6.07) is 9.64. The van der Waals surface area contributed by atoms with Gasteiger partial charge in [0.1, 0.15) is 0 Å². The molecule has 2 heteroatoms. The van der Waals surface area contributed by atoms with E-state index >= 15 is 0 Å². The maximum Gasteiger partial charge on any atom is 0.0991 e. The van der Waals surface area contributed by atoms with Gasteiger partial charge in [0.2, 0.25) is 0 Å². The maximum absolute atomic E-state index is 8.58. The highest BCUT2D eigenvalue weighted by Crippen LogP contribution is 2.09. The van der Waals surface area contributed by atoms with Crippen molar-refractivity contribution in [2.45, 2.75) is 6.92 Å². The molecular weight excluding hydrogens is 226 g/mol. The van der Waals surface area contributed by atoms with Crippen molar-refractivity contribution in [3.8, 4) is 6.07 Å². The van der Waals surface area contributed by atoms with Crippen LogP contribution in [0.25, 0.3) is 6.08 Å². The number of rotatable bonds is 2. The number of hydrogen-bond acceptors (Lipinski definition) is 1. The summed E-state index contributed by atoms with van der Waals surface area (Å²) < 4.78 is 0. The Morgan fingerprint density at radius 1 is 1.46 bits per heavy atom. The summed E-state index contributed by atoms with van der Waals surface area (Å²) in [6.07, 6.45) is 2.09. The first-order valence-electron chi connectivity index (χ1n) is 3.99. The molecular formula is C11H10BrN. The third-order valence-corrected chi connectivity index (χ3v) is 2.55. The second-order valence-corrected chi connectivity index (χ2v) is 3.42. The van der Waals surface area contributed by atoms with E-state index in [1.54, 1.807) is 0 Å². The predicted octanol–water partition coefficient (Wildman–Crippen LogP) is 3.36. The number of alkyl halides is 1. The first-order chi connectivity index (χ1) is 6.26. The van der Waals surface area contributed by atoms with Gasteiger partial charge in [-0.05, 0) is 24.6 Å². The monoisotopic (exact) mass is 235 g/mol. The molecule has 1 aromatic carbocycles. The van der Waals surface area contributed by atoms with Gasteiger partial charge in [-0.1, -0.05) is 39.7 Å². The van der Waals surface area contributed by atoms with Gasteiger partial charge in [0.25, 0.3) is 0 Å². The Morgan fingerprint density at radius 3 is 2.54 bits per heavy atom. The van der Waals surface area contributed by atoms with E-state index in [1.165, 1.54) is 5.57 Å². The summed E-state index contributed by atoms with van der Waals surface area (Å²) in [6.45, 7) is 2.06.